The molecule has 3 rings (SSSR count). The maximum Gasteiger partial charge on any atom is 0.266 e. The highest BCUT2D eigenvalue weighted by molar-refractivity contribution is 8.26. The van der Waals surface area contributed by atoms with Gasteiger partial charge in [-0.3, -0.25) is 14.5 Å². The number of rotatable bonds is 4. The van der Waals surface area contributed by atoms with Crippen molar-refractivity contribution in [3.8, 4) is 0 Å². The van der Waals surface area contributed by atoms with Gasteiger partial charge >= 0.3 is 0 Å². The Morgan fingerprint density at radius 3 is 2.62 bits per heavy atom. The lowest BCUT2D eigenvalue weighted by Crippen LogP contribution is -3.12. The van der Waals surface area contributed by atoms with Crippen LogP contribution in [0.4, 0.5) is 4.39 Å². The number of carbonyl (C=O) groups excluding carboxylic acids is 2. The van der Waals surface area contributed by atoms with E-state index in [1.807, 2.05) is 4.90 Å². The Hall–Kier alpha value is -1.77. The molecule has 2 fully saturated rings. The fourth-order valence-electron chi connectivity index (χ4n) is 2.91. The largest absolute Gasteiger partial charge is 0.334 e. The topological polar surface area (TPSA) is 45.1 Å². The molecule has 0 aliphatic carbocycles. The minimum atomic E-state index is -0.321. The zero-order valence-corrected chi connectivity index (χ0v) is 16.2. The third kappa shape index (κ3) is 4.49. The summed E-state index contributed by atoms with van der Waals surface area (Å²) in [6.45, 7) is 3.71. The molecule has 2 aliphatic rings. The summed E-state index contributed by atoms with van der Waals surface area (Å²) in [5.41, 5.74) is 0.739. The van der Waals surface area contributed by atoms with Crippen LogP contribution in [0.3, 0.4) is 0 Å². The number of likely N-dealkylation sites (N-methyl/N-ethyl adjacent to an activating group) is 1. The Labute approximate surface area is 161 Å². The molecule has 2 amide bonds. The van der Waals surface area contributed by atoms with Crippen LogP contribution in [0.5, 0.6) is 0 Å². The molecule has 1 aromatic rings. The number of amides is 2. The Bertz CT molecular complexity index is 743. The van der Waals surface area contributed by atoms with E-state index < -0.39 is 0 Å². The molecule has 138 valence electrons. The number of nitrogens with zero attached hydrogens (tertiary/aromatic N) is 2. The number of hydrogen-bond donors (Lipinski definition) is 1. The summed E-state index contributed by atoms with van der Waals surface area (Å²) in [5.74, 6) is -0.451. The van der Waals surface area contributed by atoms with Crippen molar-refractivity contribution < 1.29 is 18.9 Å². The maximum atomic E-state index is 13.0. The van der Waals surface area contributed by atoms with Crippen LogP contribution >= 0.6 is 24.0 Å². The van der Waals surface area contributed by atoms with E-state index in [0.717, 1.165) is 31.7 Å². The summed E-state index contributed by atoms with van der Waals surface area (Å²) >= 11 is 6.51. The summed E-state index contributed by atoms with van der Waals surface area (Å²) < 4.78 is 13.5. The molecular formula is C18H21FN3O2S2+. The molecule has 0 spiro atoms. The molecule has 0 atom stereocenters. The monoisotopic (exact) mass is 394 g/mol. The van der Waals surface area contributed by atoms with E-state index >= 15 is 0 Å². The summed E-state index contributed by atoms with van der Waals surface area (Å²) in [6.07, 6.45) is 1.97. The Morgan fingerprint density at radius 1 is 1.31 bits per heavy atom. The van der Waals surface area contributed by atoms with E-state index in [0.29, 0.717) is 15.8 Å². The van der Waals surface area contributed by atoms with Gasteiger partial charge < -0.3 is 9.80 Å². The minimum Gasteiger partial charge on any atom is -0.334 e. The number of hydrogen-bond acceptors (Lipinski definition) is 4. The van der Waals surface area contributed by atoms with Gasteiger partial charge in [0.2, 0.25) is 5.91 Å². The van der Waals surface area contributed by atoms with Gasteiger partial charge in [-0.1, -0.05) is 36.1 Å². The second-order valence-corrected chi connectivity index (χ2v) is 8.15. The third-order valence-electron chi connectivity index (χ3n) is 4.56. The standard InChI is InChI=1S/C18H20FN3O2S2/c1-20-8-10-21(11-9-20)16(23)6-7-22-17(24)15(26-18(22)25)12-13-2-4-14(19)5-3-13/h2-5,12H,6-11H2,1H3/p+1/b15-12-. The zero-order chi connectivity index (χ0) is 18.7. The van der Waals surface area contributed by atoms with Crippen LogP contribution in [0.25, 0.3) is 6.08 Å². The van der Waals surface area contributed by atoms with Crippen molar-refractivity contribution in [2.24, 2.45) is 0 Å². The van der Waals surface area contributed by atoms with Crippen LogP contribution in [0.1, 0.15) is 12.0 Å². The summed E-state index contributed by atoms with van der Waals surface area (Å²) in [6, 6.07) is 5.92. The smallest absolute Gasteiger partial charge is 0.266 e. The molecule has 2 aliphatic heterocycles. The molecule has 2 saturated heterocycles. The predicted octanol–water partition coefficient (Wildman–Crippen LogP) is 0.774. The van der Waals surface area contributed by atoms with Gasteiger partial charge in [0, 0.05) is 13.0 Å². The number of carbonyl (C=O) groups is 2. The highest BCUT2D eigenvalue weighted by atomic mass is 32.2. The van der Waals surface area contributed by atoms with E-state index in [-0.39, 0.29) is 24.1 Å². The molecule has 8 heteroatoms. The van der Waals surface area contributed by atoms with E-state index in [9.17, 15) is 14.0 Å². The molecule has 0 saturated carbocycles. The number of piperazine rings is 1. The van der Waals surface area contributed by atoms with E-state index in [1.54, 1.807) is 18.2 Å². The van der Waals surface area contributed by atoms with E-state index in [2.05, 4.69) is 7.05 Å². The minimum absolute atomic E-state index is 0.0639. The van der Waals surface area contributed by atoms with Crippen molar-refractivity contribution in [2.45, 2.75) is 6.42 Å². The van der Waals surface area contributed by atoms with E-state index in [1.165, 1.54) is 33.7 Å². The van der Waals surface area contributed by atoms with Gasteiger partial charge in [-0.2, -0.15) is 0 Å². The van der Waals surface area contributed by atoms with Gasteiger partial charge in [0.1, 0.15) is 10.1 Å². The van der Waals surface area contributed by atoms with Crippen LogP contribution < -0.4 is 4.90 Å². The van der Waals surface area contributed by atoms with Gasteiger partial charge in [0.05, 0.1) is 38.1 Å². The Balaban J connectivity index is 1.59. The van der Waals surface area contributed by atoms with Crippen LogP contribution in [-0.4, -0.2) is 65.7 Å². The van der Waals surface area contributed by atoms with Crippen LogP contribution in [0.2, 0.25) is 0 Å². The lowest BCUT2D eigenvalue weighted by molar-refractivity contribution is -0.883. The van der Waals surface area contributed by atoms with Crippen molar-refractivity contribution in [1.29, 1.82) is 0 Å². The molecule has 2 heterocycles. The fraction of sp³-hybridized carbons (Fsp3) is 0.389. The lowest BCUT2D eigenvalue weighted by atomic mass is 10.2. The number of benzene rings is 1. The number of nitrogens with one attached hydrogen (secondary N) is 1. The van der Waals surface area contributed by atoms with Crippen molar-refractivity contribution in [2.75, 3.05) is 39.8 Å². The number of thiocarbonyl (C=S) groups is 1. The highest BCUT2D eigenvalue weighted by Gasteiger charge is 2.32. The molecule has 0 aromatic heterocycles. The third-order valence-corrected chi connectivity index (χ3v) is 5.94. The van der Waals surface area contributed by atoms with Gasteiger partial charge in [-0.15, -0.1) is 0 Å². The fourth-order valence-corrected chi connectivity index (χ4v) is 4.22. The van der Waals surface area contributed by atoms with Crippen LogP contribution in [0.15, 0.2) is 29.2 Å². The normalized spacial score (nSPS) is 20.3. The van der Waals surface area contributed by atoms with Gasteiger partial charge in [0.15, 0.2) is 0 Å². The molecule has 5 nitrogen and oxygen atoms in total. The van der Waals surface area contributed by atoms with E-state index in [4.69, 9.17) is 12.2 Å². The second-order valence-electron chi connectivity index (χ2n) is 6.47. The highest BCUT2D eigenvalue weighted by Crippen LogP contribution is 2.32. The Morgan fingerprint density at radius 2 is 1.96 bits per heavy atom. The lowest BCUT2D eigenvalue weighted by Gasteiger charge is -2.30. The predicted molar refractivity (Wildman–Crippen MR) is 104 cm³/mol. The molecule has 0 unspecified atom stereocenters. The first-order chi connectivity index (χ1) is 12.4. The molecular weight excluding hydrogens is 373 g/mol. The van der Waals surface area contributed by atoms with Crippen molar-refractivity contribution in [3.05, 3.63) is 40.6 Å². The number of thioether (sulfide) groups is 1. The van der Waals surface area contributed by atoms with Gasteiger partial charge in [0.25, 0.3) is 5.91 Å². The SMILES string of the molecule is C[NH+]1CCN(C(=O)CCN2C(=O)/C(=C/c3ccc(F)cc3)SC2=S)CC1. The van der Waals surface area contributed by atoms with Crippen LogP contribution in [-0.2, 0) is 9.59 Å². The molecule has 0 radical (unpaired) electrons. The average molecular weight is 395 g/mol. The van der Waals surface area contributed by atoms with Crippen molar-refractivity contribution in [3.63, 3.8) is 0 Å². The molecule has 26 heavy (non-hydrogen) atoms. The van der Waals surface area contributed by atoms with Crippen molar-refractivity contribution >= 4 is 46.2 Å². The quantitative estimate of drug-likeness (QED) is 0.606. The first-order valence-corrected chi connectivity index (χ1v) is 9.76. The molecule has 0 bridgehead atoms. The number of halogens is 1. The molecule has 1 aromatic carbocycles. The van der Waals surface area contributed by atoms with Crippen molar-refractivity contribution in [1.82, 2.24) is 9.80 Å². The first kappa shape index (κ1) is 19.0. The maximum absolute atomic E-state index is 13.0. The van der Waals surface area contributed by atoms with Gasteiger partial charge in [-0.25, -0.2) is 4.39 Å². The summed E-state index contributed by atoms with van der Waals surface area (Å²) in [7, 11) is 2.12. The van der Waals surface area contributed by atoms with Gasteiger partial charge in [-0.05, 0) is 23.8 Å². The first-order valence-electron chi connectivity index (χ1n) is 8.54. The second kappa shape index (κ2) is 8.28. The zero-order valence-electron chi connectivity index (χ0n) is 14.5. The average Bonchev–Trinajstić information content (AvgIpc) is 2.89. The molecule has 1 N–H and O–H groups in total. The summed E-state index contributed by atoms with van der Waals surface area (Å²) in [4.78, 5) is 30.2. The number of quaternary nitrogens is 1. The Kier molecular flexibility index (Phi) is 6.05. The van der Waals surface area contributed by atoms with Crippen LogP contribution in [0, 0.1) is 5.82 Å². The summed E-state index contributed by atoms with van der Waals surface area (Å²) in [5, 5.41) is 0.